The van der Waals surface area contributed by atoms with Crippen LogP contribution >= 0.6 is 0 Å². The third-order valence-electron chi connectivity index (χ3n) is 7.29. The van der Waals surface area contributed by atoms with E-state index in [1.54, 1.807) is 0 Å². The minimum atomic E-state index is -2.17. The smallest absolute Gasteiger partial charge is 0.344 e. The Morgan fingerprint density at radius 3 is 2.13 bits per heavy atom. The van der Waals surface area contributed by atoms with Gasteiger partial charge < -0.3 is 29.2 Å². The topological polar surface area (TPSA) is 112 Å². The van der Waals surface area contributed by atoms with Crippen molar-refractivity contribution in [2.24, 2.45) is 23.2 Å². The molecule has 0 aromatic carbocycles. The summed E-state index contributed by atoms with van der Waals surface area (Å²) in [7, 11) is 0. The fourth-order valence-corrected chi connectivity index (χ4v) is 5.87. The molecule has 0 aromatic rings. The molecule has 2 N–H and O–H groups in total. The Balaban J connectivity index is 1.41. The second-order valence-corrected chi connectivity index (χ2v) is 10.2. The molecule has 2 atom stereocenters. The van der Waals surface area contributed by atoms with Crippen LogP contribution in [0.15, 0.2) is 0 Å². The van der Waals surface area contributed by atoms with Gasteiger partial charge in [0.15, 0.2) is 12.4 Å². The van der Waals surface area contributed by atoms with E-state index < -0.39 is 41.0 Å². The highest BCUT2D eigenvalue weighted by atomic mass is 19.1. The maximum atomic E-state index is 13.6. The minimum Gasteiger partial charge on any atom is -0.457 e. The average molecular weight is 430 g/mol. The number of carbonyl (C=O) groups is 2. The lowest BCUT2D eigenvalue weighted by Crippen LogP contribution is -2.69. The predicted molar refractivity (Wildman–Crippen MR) is 99.8 cm³/mol. The zero-order valence-electron chi connectivity index (χ0n) is 17.5. The van der Waals surface area contributed by atoms with E-state index in [9.17, 15) is 24.2 Å². The summed E-state index contributed by atoms with van der Waals surface area (Å²) < 4.78 is 36.6. The molecule has 9 heteroatoms. The van der Waals surface area contributed by atoms with Crippen molar-refractivity contribution in [2.75, 3.05) is 33.0 Å². The van der Waals surface area contributed by atoms with Gasteiger partial charge in [0.25, 0.3) is 0 Å². The summed E-state index contributed by atoms with van der Waals surface area (Å²) in [4.78, 5) is 23.9. The summed E-state index contributed by atoms with van der Waals surface area (Å²) in [6.07, 6.45) is 3.73. The lowest BCUT2D eigenvalue weighted by Gasteiger charge is -2.65. The SMILES string of the molecule is CC(C)(F)C(=O)OCC(=O)OC12CC3CC(C1)C1(OCC(CO)(CO)CO1)C(C3)C2. The molecule has 30 heavy (non-hydrogen) atoms. The molecule has 5 rings (SSSR count). The first-order valence-corrected chi connectivity index (χ1v) is 10.6. The standard InChI is InChI=1S/C21H31FO8/c1-18(2,22)17(26)27-8-16(25)30-20-5-13-3-14(6-20)21(15(4-13)7-20)28-11-19(9-23,10-24)12-29-21/h13-15,23-24H,3-12H2,1-2H3. The largest absolute Gasteiger partial charge is 0.457 e. The molecule has 5 fully saturated rings. The number of hydrogen-bond acceptors (Lipinski definition) is 8. The maximum Gasteiger partial charge on any atom is 0.344 e. The van der Waals surface area contributed by atoms with E-state index in [2.05, 4.69) is 0 Å². The fraction of sp³-hybridized carbons (Fsp3) is 0.905. The van der Waals surface area contributed by atoms with Crippen LogP contribution in [-0.4, -0.2) is 72.2 Å². The van der Waals surface area contributed by atoms with Crippen molar-refractivity contribution < 1.29 is 43.1 Å². The van der Waals surface area contributed by atoms with E-state index in [1.165, 1.54) is 0 Å². The van der Waals surface area contributed by atoms with E-state index in [0.717, 1.165) is 33.1 Å². The van der Waals surface area contributed by atoms with Gasteiger partial charge in [-0.15, -0.1) is 0 Å². The van der Waals surface area contributed by atoms with Gasteiger partial charge in [0.05, 0.1) is 31.8 Å². The van der Waals surface area contributed by atoms with Gasteiger partial charge in [-0.25, -0.2) is 14.0 Å². The van der Waals surface area contributed by atoms with Crippen molar-refractivity contribution in [3.63, 3.8) is 0 Å². The number of hydrogen-bond donors (Lipinski definition) is 2. The van der Waals surface area contributed by atoms with E-state index in [1.807, 2.05) is 0 Å². The van der Waals surface area contributed by atoms with Crippen LogP contribution in [0.1, 0.15) is 46.0 Å². The van der Waals surface area contributed by atoms with Crippen molar-refractivity contribution in [3.05, 3.63) is 0 Å². The van der Waals surface area contributed by atoms with Gasteiger partial charge in [0, 0.05) is 11.8 Å². The summed E-state index contributed by atoms with van der Waals surface area (Å²) in [6.45, 7) is 1.55. The highest BCUT2D eigenvalue weighted by molar-refractivity contribution is 5.81. The quantitative estimate of drug-likeness (QED) is 0.603. The molecular formula is C21H31FO8. The van der Waals surface area contributed by atoms with Gasteiger partial charge in [-0.1, -0.05) is 0 Å². The minimum absolute atomic E-state index is 0.0410. The monoisotopic (exact) mass is 430 g/mol. The van der Waals surface area contributed by atoms with E-state index in [0.29, 0.717) is 18.8 Å². The Bertz CT molecular complexity index is 670. The van der Waals surface area contributed by atoms with Crippen molar-refractivity contribution in [3.8, 4) is 0 Å². The van der Waals surface area contributed by atoms with Crippen molar-refractivity contribution in [2.45, 2.75) is 63.0 Å². The van der Waals surface area contributed by atoms with Crippen LogP contribution in [0.5, 0.6) is 0 Å². The van der Waals surface area contributed by atoms with Gasteiger partial charge in [0.2, 0.25) is 5.67 Å². The zero-order valence-corrected chi connectivity index (χ0v) is 17.5. The first-order chi connectivity index (χ1) is 14.1. The molecule has 2 unspecified atom stereocenters. The number of halogens is 1. The number of aliphatic hydroxyl groups excluding tert-OH is 2. The molecule has 170 valence electrons. The Labute approximate surface area is 175 Å². The van der Waals surface area contributed by atoms with Crippen molar-refractivity contribution in [1.82, 2.24) is 0 Å². The molecular weight excluding hydrogens is 399 g/mol. The molecule has 1 aliphatic heterocycles. The van der Waals surface area contributed by atoms with Crippen LogP contribution in [0, 0.1) is 23.2 Å². The second kappa shape index (κ2) is 7.39. The third-order valence-corrected chi connectivity index (χ3v) is 7.29. The van der Waals surface area contributed by atoms with Crippen LogP contribution in [-0.2, 0) is 28.5 Å². The molecule has 5 aliphatic rings. The fourth-order valence-electron chi connectivity index (χ4n) is 5.87. The summed E-state index contributed by atoms with van der Waals surface area (Å²) in [5.41, 5.74) is -3.61. The molecule has 1 spiro atoms. The van der Waals surface area contributed by atoms with Crippen LogP contribution in [0.25, 0.3) is 0 Å². The molecule has 4 saturated carbocycles. The molecule has 1 heterocycles. The molecule has 4 aliphatic carbocycles. The lowest BCUT2D eigenvalue weighted by molar-refractivity contribution is -0.396. The second-order valence-electron chi connectivity index (χ2n) is 10.2. The molecule has 0 radical (unpaired) electrons. The van der Waals surface area contributed by atoms with E-state index in [-0.39, 0.29) is 38.3 Å². The Kier molecular flexibility index (Phi) is 5.40. The highest BCUT2D eigenvalue weighted by Crippen LogP contribution is 2.63. The summed E-state index contributed by atoms with van der Waals surface area (Å²) in [6, 6.07) is 0. The van der Waals surface area contributed by atoms with Gasteiger partial charge in [-0.3, -0.25) is 0 Å². The van der Waals surface area contributed by atoms with Crippen LogP contribution in [0.4, 0.5) is 4.39 Å². The highest BCUT2D eigenvalue weighted by Gasteiger charge is 2.67. The average Bonchev–Trinajstić information content (AvgIpc) is 2.69. The third kappa shape index (κ3) is 3.63. The van der Waals surface area contributed by atoms with Gasteiger partial charge >= 0.3 is 11.9 Å². The summed E-state index contributed by atoms with van der Waals surface area (Å²) in [5, 5.41) is 19.2. The van der Waals surface area contributed by atoms with Gasteiger partial charge in [-0.05, 0) is 51.9 Å². The van der Waals surface area contributed by atoms with Crippen LogP contribution in [0.2, 0.25) is 0 Å². The Morgan fingerprint density at radius 2 is 1.63 bits per heavy atom. The Morgan fingerprint density at radius 1 is 1.07 bits per heavy atom. The Hall–Kier alpha value is -1.29. The molecule has 8 nitrogen and oxygen atoms in total. The first kappa shape index (κ1) is 21.9. The van der Waals surface area contributed by atoms with Crippen LogP contribution in [0.3, 0.4) is 0 Å². The summed E-state index contributed by atoms with van der Waals surface area (Å²) >= 11 is 0. The van der Waals surface area contributed by atoms with Gasteiger partial charge in [0.1, 0.15) is 5.60 Å². The first-order valence-electron chi connectivity index (χ1n) is 10.6. The number of carbonyl (C=O) groups excluding carboxylic acids is 2. The number of aliphatic hydroxyl groups is 2. The number of rotatable bonds is 6. The molecule has 1 saturated heterocycles. The zero-order chi connectivity index (χ0) is 21.8. The van der Waals surface area contributed by atoms with Crippen LogP contribution < -0.4 is 0 Å². The number of esters is 2. The molecule has 0 aromatic heterocycles. The summed E-state index contributed by atoms with van der Waals surface area (Å²) in [5.74, 6) is -2.06. The number of alkyl halides is 1. The van der Waals surface area contributed by atoms with E-state index >= 15 is 0 Å². The van der Waals surface area contributed by atoms with Gasteiger partial charge in [-0.2, -0.15) is 0 Å². The van der Waals surface area contributed by atoms with Crippen molar-refractivity contribution in [1.29, 1.82) is 0 Å². The lowest BCUT2D eigenvalue weighted by atomic mass is 9.51. The normalized spacial score (nSPS) is 36.0. The number of ether oxygens (including phenoxy) is 4. The maximum absolute atomic E-state index is 13.6. The predicted octanol–water partition coefficient (Wildman–Crippen LogP) is 1.11. The van der Waals surface area contributed by atoms with E-state index in [4.69, 9.17) is 18.9 Å². The van der Waals surface area contributed by atoms with Crippen molar-refractivity contribution >= 4 is 11.9 Å². The molecule has 4 bridgehead atoms. The molecule has 0 amide bonds.